The lowest BCUT2D eigenvalue weighted by Gasteiger charge is -2.12. The number of halogens is 2. The fourth-order valence-corrected chi connectivity index (χ4v) is 2.39. The standard InChI is InChI=1S/C15H16F2N8O3/c1-15(16,17)9-4-3-5-10(8-9)25-13(22-27-14(25)26)11-12(21-28-20-11)19-6-7-24(2)23-18/h3-5,8,18H,6-7H2,1-2H3,(H,19,21)/p+1. The van der Waals surface area contributed by atoms with Crippen molar-refractivity contribution in [3.63, 3.8) is 0 Å². The second-order valence-electron chi connectivity index (χ2n) is 5.93. The summed E-state index contributed by atoms with van der Waals surface area (Å²) in [6.07, 6.45) is 0. The molecule has 0 atom stereocenters. The number of hydrogen-bond acceptors (Lipinski definition) is 8. The summed E-state index contributed by atoms with van der Waals surface area (Å²) in [6.45, 7) is 1.58. The maximum absolute atomic E-state index is 13.7. The van der Waals surface area contributed by atoms with E-state index < -0.39 is 11.7 Å². The fraction of sp³-hybridized carbons (Fsp3) is 0.333. The summed E-state index contributed by atoms with van der Waals surface area (Å²) >= 11 is 0. The molecule has 11 nitrogen and oxygen atoms in total. The van der Waals surface area contributed by atoms with Crippen LogP contribution < -0.4 is 16.9 Å². The van der Waals surface area contributed by atoms with Gasteiger partial charge in [-0.2, -0.15) is 10.5 Å². The van der Waals surface area contributed by atoms with Crippen LogP contribution in [0.3, 0.4) is 0 Å². The van der Waals surface area contributed by atoms with E-state index in [1.807, 2.05) is 0 Å². The van der Waals surface area contributed by atoms with E-state index in [1.54, 1.807) is 7.05 Å². The monoisotopic (exact) mass is 395 g/mol. The molecule has 0 aliphatic heterocycles. The number of hydrogen-bond donors (Lipinski definition) is 2. The normalized spacial score (nSPS) is 12.4. The van der Waals surface area contributed by atoms with Gasteiger partial charge < -0.3 is 5.32 Å². The zero-order chi connectivity index (χ0) is 20.3. The Hall–Kier alpha value is -3.64. The van der Waals surface area contributed by atoms with Crippen molar-refractivity contribution in [2.45, 2.75) is 12.8 Å². The second-order valence-corrected chi connectivity index (χ2v) is 5.93. The van der Waals surface area contributed by atoms with Gasteiger partial charge in [-0.25, -0.2) is 22.8 Å². The maximum atomic E-state index is 13.7. The average molecular weight is 395 g/mol. The zero-order valence-electron chi connectivity index (χ0n) is 15.0. The second kappa shape index (κ2) is 7.54. The maximum Gasteiger partial charge on any atom is 0.446 e. The van der Waals surface area contributed by atoms with Crippen molar-refractivity contribution in [2.24, 2.45) is 11.1 Å². The molecule has 28 heavy (non-hydrogen) atoms. The highest BCUT2D eigenvalue weighted by Crippen LogP contribution is 2.29. The van der Waals surface area contributed by atoms with Crippen LogP contribution in [0.5, 0.6) is 0 Å². The highest BCUT2D eigenvalue weighted by Gasteiger charge is 2.27. The van der Waals surface area contributed by atoms with Gasteiger partial charge in [0.15, 0.2) is 5.69 Å². The highest BCUT2D eigenvalue weighted by atomic mass is 19.3. The molecule has 148 valence electrons. The van der Waals surface area contributed by atoms with E-state index in [9.17, 15) is 13.6 Å². The molecule has 0 unspecified atom stereocenters. The summed E-state index contributed by atoms with van der Waals surface area (Å²) < 4.78 is 39.2. The summed E-state index contributed by atoms with van der Waals surface area (Å²) in [5, 5.41) is 17.6. The molecule has 0 fully saturated rings. The van der Waals surface area contributed by atoms with Gasteiger partial charge in [-0.15, -0.1) is 0 Å². The first-order chi connectivity index (χ1) is 13.3. The van der Waals surface area contributed by atoms with E-state index in [2.05, 4.69) is 26.0 Å². The van der Waals surface area contributed by atoms with Crippen molar-refractivity contribution in [3.05, 3.63) is 40.4 Å². The number of nitrogens with two attached hydrogens (primary N) is 1. The van der Waals surface area contributed by atoms with Crippen LogP contribution in [-0.4, -0.2) is 44.9 Å². The lowest BCUT2D eigenvalue weighted by molar-refractivity contribution is -0.565. The molecule has 0 saturated carbocycles. The average Bonchev–Trinajstić information content (AvgIpc) is 3.27. The molecule has 13 heteroatoms. The van der Waals surface area contributed by atoms with Gasteiger partial charge >= 0.3 is 5.76 Å². The van der Waals surface area contributed by atoms with E-state index >= 15 is 0 Å². The number of rotatable bonds is 7. The summed E-state index contributed by atoms with van der Waals surface area (Å²) in [6, 6.07) is 5.29. The van der Waals surface area contributed by atoms with Crippen LogP contribution in [0, 0.1) is 0 Å². The van der Waals surface area contributed by atoms with Crippen LogP contribution in [0.15, 0.2) is 43.4 Å². The predicted octanol–water partition coefficient (Wildman–Crippen LogP) is 1.37. The van der Waals surface area contributed by atoms with Gasteiger partial charge in [0.25, 0.3) is 5.92 Å². The minimum atomic E-state index is -3.08. The topological polar surface area (TPSA) is 140 Å². The minimum absolute atomic E-state index is 0.0535. The fourth-order valence-electron chi connectivity index (χ4n) is 2.39. The Labute approximate surface area is 156 Å². The minimum Gasteiger partial charge on any atom is -0.361 e. The van der Waals surface area contributed by atoms with Gasteiger partial charge in [0.2, 0.25) is 11.6 Å². The Bertz CT molecular complexity index is 1050. The molecular weight excluding hydrogens is 378 g/mol. The van der Waals surface area contributed by atoms with E-state index in [-0.39, 0.29) is 28.6 Å². The van der Waals surface area contributed by atoms with E-state index in [4.69, 9.17) is 15.0 Å². The Morgan fingerprint density at radius 2 is 2.14 bits per heavy atom. The van der Waals surface area contributed by atoms with Gasteiger partial charge in [-0.1, -0.05) is 17.3 Å². The molecule has 0 amide bonds. The van der Waals surface area contributed by atoms with Gasteiger partial charge in [-0.3, -0.25) is 4.52 Å². The molecular formula is C15H17F2N8O3+. The van der Waals surface area contributed by atoms with Crippen LogP contribution >= 0.6 is 0 Å². The number of aromatic nitrogens is 4. The summed E-state index contributed by atoms with van der Waals surface area (Å²) in [7, 11) is 1.68. The highest BCUT2D eigenvalue weighted by molar-refractivity contribution is 5.66. The van der Waals surface area contributed by atoms with Crippen molar-refractivity contribution >= 4 is 5.82 Å². The third-order valence-corrected chi connectivity index (χ3v) is 3.84. The largest absolute Gasteiger partial charge is 0.446 e. The first-order valence-electron chi connectivity index (χ1n) is 8.07. The number of nitrogens with zero attached hydrogens (tertiary/aromatic N) is 6. The first-order valence-corrected chi connectivity index (χ1v) is 8.07. The molecule has 0 saturated heterocycles. The Morgan fingerprint density at radius 1 is 1.36 bits per heavy atom. The number of alkyl halides is 2. The molecule has 0 bridgehead atoms. The number of nitrogens with one attached hydrogen (secondary N) is 1. The third-order valence-electron chi connectivity index (χ3n) is 3.84. The van der Waals surface area contributed by atoms with Crippen LogP contribution in [0.25, 0.3) is 17.2 Å². The Balaban J connectivity index is 1.98. The van der Waals surface area contributed by atoms with Gasteiger partial charge in [0.05, 0.1) is 24.5 Å². The van der Waals surface area contributed by atoms with Crippen molar-refractivity contribution in [1.82, 2.24) is 20.0 Å². The molecule has 2 heterocycles. The summed E-state index contributed by atoms with van der Waals surface area (Å²) in [5.41, 5.74) is -0.0583. The van der Waals surface area contributed by atoms with Crippen molar-refractivity contribution in [1.29, 1.82) is 0 Å². The molecule has 0 radical (unpaired) electrons. The lowest BCUT2D eigenvalue weighted by Crippen LogP contribution is -2.18. The summed E-state index contributed by atoms with van der Waals surface area (Å²) in [5.74, 6) is 1.32. The van der Waals surface area contributed by atoms with Crippen LogP contribution in [0.2, 0.25) is 0 Å². The van der Waals surface area contributed by atoms with E-state index in [0.717, 1.165) is 11.5 Å². The van der Waals surface area contributed by atoms with Gasteiger partial charge in [0, 0.05) is 12.5 Å². The zero-order valence-corrected chi connectivity index (χ0v) is 15.0. The molecule has 3 rings (SSSR count). The smallest absolute Gasteiger partial charge is 0.361 e. The molecule has 2 aromatic heterocycles. The molecule has 1 aromatic carbocycles. The van der Waals surface area contributed by atoms with Crippen molar-refractivity contribution < 1.29 is 22.6 Å². The quantitative estimate of drug-likeness (QED) is 0.264. The van der Waals surface area contributed by atoms with E-state index in [0.29, 0.717) is 13.1 Å². The molecule has 0 aliphatic rings. The summed E-state index contributed by atoms with van der Waals surface area (Å²) in [4.78, 5) is 12.2. The van der Waals surface area contributed by atoms with E-state index in [1.165, 1.54) is 29.0 Å². The Morgan fingerprint density at radius 3 is 2.86 bits per heavy atom. The lowest BCUT2D eigenvalue weighted by atomic mass is 10.1. The van der Waals surface area contributed by atoms with Crippen LogP contribution in [0.1, 0.15) is 12.5 Å². The van der Waals surface area contributed by atoms with Crippen LogP contribution in [0.4, 0.5) is 14.6 Å². The first kappa shape index (κ1) is 19.1. The van der Waals surface area contributed by atoms with Crippen molar-refractivity contribution in [3.8, 4) is 17.2 Å². The molecule has 3 aromatic rings. The Kier molecular flexibility index (Phi) is 5.15. The SMILES string of the molecule is C[N+](CCNc1nonc1-c1noc(=O)n1-c1cccc(C(C)(F)F)c1)=NN. The molecule has 3 N–H and O–H groups in total. The number of likely N-dealkylation sites (N-methyl/N-ethyl adjacent to an activating group) is 1. The molecule has 0 aliphatic carbocycles. The van der Waals surface area contributed by atoms with Crippen molar-refractivity contribution in [2.75, 3.05) is 25.5 Å². The number of anilines is 1. The predicted molar refractivity (Wildman–Crippen MR) is 91.1 cm³/mol. The van der Waals surface area contributed by atoms with Gasteiger partial charge in [-0.05, 0) is 22.4 Å². The van der Waals surface area contributed by atoms with Gasteiger partial charge in [0.1, 0.15) is 6.54 Å². The third kappa shape index (κ3) is 3.87. The molecule has 0 spiro atoms. The number of benzene rings is 1. The van der Waals surface area contributed by atoms with Crippen LogP contribution in [-0.2, 0) is 5.92 Å².